The zero-order valence-electron chi connectivity index (χ0n) is 10.9. The van der Waals surface area contributed by atoms with Gasteiger partial charge in [0.1, 0.15) is 5.75 Å². The first kappa shape index (κ1) is 14.9. The van der Waals surface area contributed by atoms with E-state index in [2.05, 4.69) is 10.6 Å². The molecule has 1 aromatic carbocycles. The molecule has 0 atom stereocenters. The maximum atomic E-state index is 11.9. The van der Waals surface area contributed by atoms with Gasteiger partial charge in [0.2, 0.25) is 0 Å². The topological polar surface area (TPSA) is 93.5 Å². The number of likely N-dealkylation sites (N-methyl/N-ethyl adjacent to an activating group) is 1. The quantitative estimate of drug-likeness (QED) is 0.435. The van der Waals surface area contributed by atoms with Gasteiger partial charge < -0.3 is 15.4 Å². The van der Waals surface area contributed by atoms with Crippen LogP contribution in [0.5, 0.6) is 5.75 Å². The van der Waals surface area contributed by atoms with Crippen molar-refractivity contribution < 1.29 is 14.5 Å². The molecule has 1 amide bonds. The van der Waals surface area contributed by atoms with E-state index in [1.54, 1.807) is 0 Å². The molecular weight excluding hydrogens is 250 g/mol. The Hall–Kier alpha value is -2.15. The standard InChI is InChI=1S/C12H17N3O4/c1-3-13-6-7-14-12(16)10-5-4-9(15(17)18)8-11(10)19-2/h4-5,8,13H,3,6-7H2,1-2H3,(H,14,16). The molecule has 0 radical (unpaired) electrons. The summed E-state index contributed by atoms with van der Waals surface area (Å²) in [5, 5.41) is 16.4. The van der Waals surface area contributed by atoms with Crippen molar-refractivity contribution in [2.75, 3.05) is 26.7 Å². The van der Waals surface area contributed by atoms with E-state index in [0.29, 0.717) is 13.1 Å². The van der Waals surface area contributed by atoms with Crippen LogP contribution in [0.3, 0.4) is 0 Å². The fourth-order valence-corrected chi connectivity index (χ4v) is 1.52. The van der Waals surface area contributed by atoms with Crippen molar-refractivity contribution in [3.8, 4) is 5.75 Å². The summed E-state index contributed by atoms with van der Waals surface area (Å²) in [6, 6.07) is 3.90. The Labute approximate surface area is 111 Å². The lowest BCUT2D eigenvalue weighted by Gasteiger charge is -2.09. The summed E-state index contributed by atoms with van der Waals surface area (Å²) < 4.78 is 5.00. The fourth-order valence-electron chi connectivity index (χ4n) is 1.52. The molecule has 0 aliphatic heterocycles. The number of hydrogen-bond acceptors (Lipinski definition) is 5. The fraction of sp³-hybridized carbons (Fsp3) is 0.417. The number of carbonyl (C=O) groups is 1. The Kier molecular flexibility index (Phi) is 5.74. The Morgan fingerprint density at radius 3 is 2.74 bits per heavy atom. The van der Waals surface area contributed by atoms with Crippen molar-refractivity contribution in [3.63, 3.8) is 0 Å². The van der Waals surface area contributed by atoms with Crippen LogP contribution in [0, 0.1) is 10.1 Å². The molecule has 7 nitrogen and oxygen atoms in total. The molecule has 0 aliphatic rings. The molecule has 7 heteroatoms. The van der Waals surface area contributed by atoms with E-state index < -0.39 is 4.92 Å². The van der Waals surface area contributed by atoms with Gasteiger partial charge in [-0.05, 0) is 12.6 Å². The molecule has 0 saturated heterocycles. The average Bonchev–Trinajstić information content (AvgIpc) is 2.42. The summed E-state index contributed by atoms with van der Waals surface area (Å²) >= 11 is 0. The van der Waals surface area contributed by atoms with Gasteiger partial charge >= 0.3 is 0 Å². The molecule has 0 unspecified atom stereocenters. The molecular formula is C12H17N3O4. The SMILES string of the molecule is CCNCCNC(=O)c1ccc([N+](=O)[O-])cc1OC. The summed E-state index contributed by atoms with van der Waals surface area (Å²) in [5.41, 5.74) is 0.172. The van der Waals surface area contributed by atoms with Gasteiger partial charge in [-0.1, -0.05) is 6.92 Å². The molecule has 0 aromatic heterocycles. The van der Waals surface area contributed by atoms with Gasteiger partial charge in [0.05, 0.1) is 23.7 Å². The first-order chi connectivity index (χ1) is 9.10. The number of methoxy groups -OCH3 is 1. The second kappa shape index (κ2) is 7.32. The van der Waals surface area contributed by atoms with Crippen LogP contribution in [0.1, 0.15) is 17.3 Å². The van der Waals surface area contributed by atoms with Crippen molar-refractivity contribution >= 4 is 11.6 Å². The van der Waals surface area contributed by atoms with Gasteiger partial charge in [-0.2, -0.15) is 0 Å². The predicted octanol–water partition coefficient (Wildman–Crippen LogP) is 0.943. The molecule has 0 aliphatic carbocycles. The minimum Gasteiger partial charge on any atom is -0.496 e. The van der Waals surface area contributed by atoms with Crippen LogP contribution in [0.2, 0.25) is 0 Å². The second-order valence-corrected chi connectivity index (χ2v) is 3.75. The minimum atomic E-state index is -0.532. The Balaban J connectivity index is 2.76. The Bertz CT molecular complexity index is 462. The van der Waals surface area contributed by atoms with Crippen LogP contribution in [0.15, 0.2) is 18.2 Å². The molecule has 0 spiro atoms. The van der Waals surface area contributed by atoms with E-state index in [1.807, 2.05) is 6.92 Å². The summed E-state index contributed by atoms with van der Waals surface area (Å²) in [4.78, 5) is 22.0. The zero-order valence-corrected chi connectivity index (χ0v) is 10.9. The molecule has 1 rings (SSSR count). The van der Waals surface area contributed by atoms with Crippen molar-refractivity contribution in [2.45, 2.75) is 6.92 Å². The average molecular weight is 267 g/mol. The van der Waals surface area contributed by atoms with Gasteiger partial charge in [-0.3, -0.25) is 14.9 Å². The van der Waals surface area contributed by atoms with Gasteiger partial charge in [0.15, 0.2) is 0 Å². The normalized spacial score (nSPS) is 10.0. The third kappa shape index (κ3) is 4.22. The highest BCUT2D eigenvalue weighted by atomic mass is 16.6. The maximum absolute atomic E-state index is 11.9. The number of benzene rings is 1. The number of ether oxygens (including phenoxy) is 1. The van der Waals surface area contributed by atoms with Gasteiger partial charge in [0.25, 0.3) is 11.6 Å². The van der Waals surface area contributed by atoms with E-state index >= 15 is 0 Å². The van der Waals surface area contributed by atoms with Crippen LogP contribution in [-0.2, 0) is 0 Å². The highest BCUT2D eigenvalue weighted by Gasteiger charge is 2.16. The van der Waals surface area contributed by atoms with Crippen LogP contribution >= 0.6 is 0 Å². The van der Waals surface area contributed by atoms with Crippen molar-refractivity contribution in [3.05, 3.63) is 33.9 Å². The Morgan fingerprint density at radius 2 is 2.16 bits per heavy atom. The van der Waals surface area contributed by atoms with Crippen molar-refractivity contribution in [2.24, 2.45) is 0 Å². The first-order valence-corrected chi connectivity index (χ1v) is 5.91. The van der Waals surface area contributed by atoms with Crippen LogP contribution < -0.4 is 15.4 Å². The van der Waals surface area contributed by atoms with E-state index in [0.717, 1.165) is 6.54 Å². The maximum Gasteiger partial charge on any atom is 0.273 e. The number of rotatable bonds is 7. The molecule has 2 N–H and O–H groups in total. The van der Waals surface area contributed by atoms with E-state index in [-0.39, 0.29) is 22.9 Å². The molecule has 0 fully saturated rings. The number of nitrogens with zero attached hydrogens (tertiary/aromatic N) is 1. The second-order valence-electron chi connectivity index (χ2n) is 3.75. The molecule has 0 heterocycles. The highest BCUT2D eigenvalue weighted by molar-refractivity contribution is 5.97. The molecule has 104 valence electrons. The van der Waals surface area contributed by atoms with E-state index in [1.165, 1.54) is 25.3 Å². The number of non-ortho nitro benzene ring substituents is 1. The lowest BCUT2D eigenvalue weighted by atomic mass is 10.1. The van der Waals surface area contributed by atoms with Crippen molar-refractivity contribution in [1.82, 2.24) is 10.6 Å². The van der Waals surface area contributed by atoms with E-state index in [9.17, 15) is 14.9 Å². The molecule has 19 heavy (non-hydrogen) atoms. The molecule has 0 saturated carbocycles. The number of nitro groups is 1. The van der Waals surface area contributed by atoms with Gasteiger partial charge in [-0.25, -0.2) is 0 Å². The third-order valence-corrected chi connectivity index (χ3v) is 2.48. The number of nitrogens with one attached hydrogen (secondary N) is 2. The van der Waals surface area contributed by atoms with Crippen molar-refractivity contribution in [1.29, 1.82) is 0 Å². The number of amides is 1. The van der Waals surface area contributed by atoms with Crippen LogP contribution in [-0.4, -0.2) is 37.6 Å². The summed E-state index contributed by atoms with van der Waals surface area (Å²) in [6.45, 7) is 3.95. The first-order valence-electron chi connectivity index (χ1n) is 5.91. The molecule has 0 bridgehead atoms. The summed E-state index contributed by atoms with van der Waals surface area (Å²) in [7, 11) is 1.37. The number of nitro benzene ring substituents is 1. The lowest BCUT2D eigenvalue weighted by molar-refractivity contribution is -0.384. The minimum absolute atomic E-state index is 0.110. The number of carbonyl (C=O) groups excluding carboxylic acids is 1. The third-order valence-electron chi connectivity index (χ3n) is 2.48. The number of hydrogen-bond donors (Lipinski definition) is 2. The zero-order chi connectivity index (χ0) is 14.3. The van der Waals surface area contributed by atoms with Gasteiger partial charge in [-0.15, -0.1) is 0 Å². The largest absolute Gasteiger partial charge is 0.496 e. The summed E-state index contributed by atoms with van der Waals surface area (Å²) in [5.74, 6) is -0.125. The van der Waals surface area contributed by atoms with Crippen LogP contribution in [0.4, 0.5) is 5.69 Å². The summed E-state index contributed by atoms with van der Waals surface area (Å²) in [6.07, 6.45) is 0. The monoisotopic (exact) mass is 267 g/mol. The predicted molar refractivity (Wildman–Crippen MR) is 70.5 cm³/mol. The lowest BCUT2D eigenvalue weighted by Crippen LogP contribution is -2.31. The highest BCUT2D eigenvalue weighted by Crippen LogP contribution is 2.24. The molecule has 1 aromatic rings. The van der Waals surface area contributed by atoms with E-state index in [4.69, 9.17) is 4.74 Å². The Morgan fingerprint density at radius 1 is 1.42 bits per heavy atom. The van der Waals surface area contributed by atoms with Gasteiger partial charge in [0, 0.05) is 19.2 Å². The van der Waals surface area contributed by atoms with Crippen LogP contribution in [0.25, 0.3) is 0 Å². The smallest absolute Gasteiger partial charge is 0.273 e.